The van der Waals surface area contributed by atoms with Gasteiger partial charge in [-0.05, 0) is 24.3 Å². The Morgan fingerprint density at radius 3 is 2.19 bits per heavy atom. The van der Waals surface area contributed by atoms with Crippen molar-refractivity contribution in [2.75, 3.05) is 10.7 Å². The quantitative estimate of drug-likeness (QED) is 0.595. The third kappa shape index (κ3) is 3.66. The molecule has 0 unspecified atom stereocenters. The first-order valence-electron chi connectivity index (χ1n) is 5.67. The van der Waals surface area contributed by atoms with Gasteiger partial charge in [-0.3, -0.25) is 10.6 Å². The molecule has 21 heavy (non-hydrogen) atoms. The number of halogens is 3. The lowest BCUT2D eigenvalue weighted by atomic mass is 10.3. The highest BCUT2D eigenvalue weighted by molar-refractivity contribution is 6.02. The normalized spacial score (nSPS) is 11.0. The molecule has 1 amide bonds. The van der Waals surface area contributed by atoms with Crippen LogP contribution in [0.3, 0.4) is 0 Å². The number of rotatable bonds is 3. The zero-order valence-corrected chi connectivity index (χ0v) is 10.5. The lowest BCUT2D eigenvalue weighted by molar-refractivity contribution is -0.141. The Kier molecular flexibility index (Phi) is 4.03. The monoisotopic (exact) mass is 297 g/mol. The minimum Gasteiger partial charge on any atom is -0.323 e. The van der Waals surface area contributed by atoms with Crippen molar-refractivity contribution in [1.29, 1.82) is 0 Å². The molecular weight excluding hydrogens is 287 g/mol. The van der Waals surface area contributed by atoms with Gasteiger partial charge in [-0.15, -0.1) is 0 Å². The number of amides is 1. The second-order valence-electron chi connectivity index (χ2n) is 3.96. The Morgan fingerprint density at radius 1 is 1.05 bits per heavy atom. The fourth-order valence-corrected chi connectivity index (χ4v) is 1.44. The molecule has 9 heteroatoms. The van der Waals surface area contributed by atoms with Crippen LogP contribution in [-0.2, 0) is 6.18 Å². The van der Waals surface area contributed by atoms with E-state index in [4.69, 9.17) is 5.84 Å². The number of nitrogens with two attached hydrogens (primary N) is 1. The summed E-state index contributed by atoms with van der Waals surface area (Å²) in [5.41, 5.74) is 2.06. The van der Waals surface area contributed by atoms with Crippen LogP contribution in [0.4, 0.5) is 24.5 Å². The molecule has 6 nitrogen and oxygen atoms in total. The van der Waals surface area contributed by atoms with E-state index in [-0.39, 0.29) is 11.4 Å². The Morgan fingerprint density at radius 2 is 1.71 bits per heavy atom. The molecule has 0 aliphatic carbocycles. The zero-order chi connectivity index (χ0) is 15.5. The van der Waals surface area contributed by atoms with Gasteiger partial charge in [-0.1, -0.05) is 0 Å². The number of anilines is 2. The lowest BCUT2D eigenvalue weighted by Crippen LogP contribution is -2.15. The number of hydrazine groups is 1. The summed E-state index contributed by atoms with van der Waals surface area (Å²) in [4.78, 5) is 18.9. The Labute approximate surface area is 117 Å². The molecule has 0 aliphatic rings. The van der Waals surface area contributed by atoms with Crippen molar-refractivity contribution in [2.24, 2.45) is 5.84 Å². The Balaban J connectivity index is 2.08. The predicted octanol–water partition coefficient (Wildman–Crippen LogP) is 2.03. The standard InChI is InChI=1S/C12H10F3N5O/c13-12(14,15)10-4-2-7(5-18-10)19-11(21)9-3-1-8(20-16)6-17-9/h1-6,20H,16H2,(H,19,21). The smallest absolute Gasteiger partial charge is 0.323 e. The second kappa shape index (κ2) is 5.75. The van der Waals surface area contributed by atoms with E-state index in [9.17, 15) is 18.0 Å². The maximum absolute atomic E-state index is 12.3. The van der Waals surface area contributed by atoms with Crippen LogP contribution < -0.4 is 16.6 Å². The zero-order valence-electron chi connectivity index (χ0n) is 10.5. The highest BCUT2D eigenvalue weighted by Crippen LogP contribution is 2.27. The van der Waals surface area contributed by atoms with Crippen LogP contribution in [0.15, 0.2) is 36.7 Å². The van der Waals surface area contributed by atoms with Gasteiger partial charge in [0.2, 0.25) is 0 Å². The first-order valence-corrected chi connectivity index (χ1v) is 5.67. The van der Waals surface area contributed by atoms with Crippen molar-refractivity contribution in [3.63, 3.8) is 0 Å². The molecular formula is C12H10F3N5O. The number of alkyl halides is 3. The molecule has 0 aromatic carbocycles. The molecule has 2 aromatic rings. The third-order valence-corrected chi connectivity index (χ3v) is 2.47. The molecule has 0 radical (unpaired) electrons. The fraction of sp³-hybridized carbons (Fsp3) is 0.0833. The molecule has 0 aliphatic heterocycles. The molecule has 0 saturated heterocycles. The number of nitrogens with zero attached hydrogens (tertiary/aromatic N) is 2. The van der Waals surface area contributed by atoms with Gasteiger partial charge in [-0.2, -0.15) is 13.2 Å². The molecule has 2 aromatic heterocycles. The van der Waals surface area contributed by atoms with Gasteiger partial charge >= 0.3 is 6.18 Å². The van der Waals surface area contributed by atoms with Crippen LogP contribution in [0.2, 0.25) is 0 Å². The number of carbonyl (C=O) groups excluding carboxylic acids is 1. The van der Waals surface area contributed by atoms with Crippen molar-refractivity contribution >= 4 is 17.3 Å². The lowest BCUT2D eigenvalue weighted by Gasteiger charge is -2.08. The number of nitrogens with one attached hydrogen (secondary N) is 2. The van der Waals surface area contributed by atoms with Gasteiger partial charge in [-0.25, -0.2) is 9.97 Å². The van der Waals surface area contributed by atoms with Gasteiger partial charge < -0.3 is 10.7 Å². The van der Waals surface area contributed by atoms with Crippen LogP contribution >= 0.6 is 0 Å². The molecule has 110 valence electrons. The molecule has 0 bridgehead atoms. The van der Waals surface area contributed by atoms with E-state index < -0.39 is 17.8 Å². The van der Waals surface area contributed by atoms with Crippen LogP contribution in [0.1, 0.15) is 16.2 Å². The summed E-state index contributed by atoms with van der Waals surface area (Å²) in [6.45, 7) is 0. The summed E-state index contributed by atoms with van der Waals surface area (Å²) in [6.07, 6.45) is -2.24. The van der Waals surface area contributed by atoms with E-state index in [2.05, 4.69) is 20.7 Å². The average molecular weight is 297 g/mol. The highest BCUT2D eigenvalue weighted by Gasteiger charge is 2.32. The molecule has 0 atom stereocenters. The van der Waals surface area contributed by atoms with Crippen LogP contribution in [0.5, 0.6) is 0 Å². The van der Waals surface area contributed by atoms with E-state index in [1.165, 1.54) is 18.3 Å². The Bertz CT molecular complexity index is 625. The Hall–Kier alpha value is -2.68. The minimum absolute atomic E-state index is 0.0916. The maximum Gasteiger partial charge on any atom is 0.433 e. The average Bonchev–Trinajstić information content (AvgIpc) is 2.47. The molecule has 0 saturated carbocycles. The van der Waals surface area contributed by atoms with Crippen LogP contribution in [0.25, 0.3) is 0 Å². The van der Waals surface area contributed by atoms with E-state index in [0.29, 0.717) is 5.69 Å². The SMILES string of the molecule is NNc1ccc(C(=O)Nc2ccc(C(F)(F)F)nc2)nc1. The summed E-state index contributed by atoms with van der Waals surface area (Å²) >= 11 is 0. The molecule has 0 spiro atoms. The largest absolute Gasteiger partial charge is 0.433 e. The number of hydrogen-bond acceptors (Lipinski definition) is 5. The summed E-state index contributed by atoms with van der Waals surface area (Å²) in [5, 5.41) is 2.39. The predicted molar refractivity (Wildman–Crippen MR) is 69.2 cm³/mol. The number of aromatic nitrogens is 2. The summed E-state index contributed by atoms with van der Waals surface area (Å²) in [5.74, 6) is 4.59. The highest BCUT2D eigenvalue weighted by atomic mass is 19.4. The van der Waals surface area contributed by atoms with Crippen molar-refractivity contribution in [2.45, 2.75) is 6.18 Å². The summed E-state index contributed by atoms with van der Waals surface area (Å²) < 4.78 is 37.0. The van der Waals surface area contributed by atoms with Gasteiger partial charge in [0.25, 0.3) is 5.91 Å². The van der Waals surface area contributed by atoms with Gasteiger partial charge in [0, 0.05) is 0 Å². The fourth-order valence-electron chi connectivity index (χ4n) is 1.44. The minimum atomic E-state index is -4.52. The van der Waals surface area contributed by atoms with E-state index in [1.54, 1.807) is 0 Å². The molecule has 2 heterocycles. The molecule has 2 rings (SSSR count). The van der Waals surface area contributed by atoms with Gasteiger partial charge in [0.15, 0.2) is 0 Å². The van der Waals surface area contributed by atoms with Crippen molar-refractivity contribution in [3.8, 4) is 0 Å². The number of nitrogen functional groups attached to an aromatic ring is 1. The molecule has 0 fully saturated rings. The summed E-state index contributed by atoms with van der Waals surface area (Å²) in [7, 11) is 0. The third-order valence-electron chi connectivity index (χ3n) is 2.47. The first-order chi connectivity index (χ1) is 9.90. The number of carbonyl (C=O) groups is 1. The van der Waals surface area contributed by atoms with E-state index in [0.717, 1.165) is 18.3 Å². The van der Waals surface area contributed by atoms with Crippen molar-refractivity contribution in [1.82, 2.24) is 9.97 Å². The van der Waals surface area contributed by atoms with Crippen molar-refractivity contribution in [3.05, 3.63) is 48.0 Å². The van der Waals surface area contributed by atoms with Crippen LogP contribution in [0, 0.1) is 0 Å². The second-order valence-corrected chi connectivity index (χ2v) is 3.96. The van der Waals surface area contributed by atoms with Gasteiger partial charge in [0.1, 0.15) is 11.4 Å². The number of hydrogen-bond donors (Lipinski definition) is 3. The molecule has 4 N–H and O–H groups in total. The summed E-state index contributed by atoms with van der Waals surface area (Å²) in [6, 6.07) is 4.85. The maximum atomic E-state index is 12.3. The first kappa shape index (κ1) is 14.7. The van der Waals surface area contributed by atoms with E-state index >= 15 is 0 Å². The van der Waals surface area contributed by atoms with Crippen LogP contribution in [-0.4, -0.2) is 15.9 Å². The van der Waals surface area contributed by atoms with Gasteiger partial charge in [0.05, 0.1) is 23.8 Å². The topological polar surface area (TPSA) is 92.9 Å². The van der Waals surface area contributed by atoms with Crippen molar-refractivity contribution < 1.29 is 18.0 Å². The van der Waals surface area contributed by atoms with E-state index in [1.807, 2.05) is 0 Å². The number of pyridine rings is 2.